The number of nitrogen functional groups attached to an aromatic ring is 1. The smallest absolute Gasteiger partial charge is 0.263 e. The predicted octanol–water partition coefficient (Wildman–Crippen LogP) is 3.91. The van der Waals surface area contributed by atoms with Crippen LogP contribution in [0.15, 0.2) is 46.9 Å². The first-order valence-electron chi connectivity index (χ1n) is 5.78. The number of benzene rings is 2. The Morgan fingerprint density at radius 2 is 1.75 bits per heavy atom. The molecule has 0 aliphatic heterocycles. The SMILES string of the molecule is Nc1nc2ccccc2nc1Oc1ccc(F)c(Br)c1. The van der Waals surface area contributed by atoms with Crippen LogP contribution in [0.5, 0.6) is 11.6 Å². The number of nitrogens with zero attached hydrogens (tertiary/aromatic N) is 2. The minimum absolute atomic E-state index is 0.184. The second-order valence-corrected chi connectivity index (χ2v) is 4.94. The van der Waals surface area contributed by atoms with Crippen LogP contribution in [-0.2, 0) is 0 Å². The van der Waals surface area contributed by atoms with Crippen molar-refractivity contribution >= 4 is 32.8 Å². The van der Waals surface area contributed by atoms with E-state index in [1.807, 2.05) is 24.3 Å². The molecule has 3 rings (SSSR count). The van der Waals surface area contributed by atoms with Crippen molar-refractivity contribution < 1.29 is 9.13 Å². The van der Waals surface area contributed by atoms with Crippen LogP contribution in [0.4, 0.5) is 10.2 Å². The molecule has 1 heterocycles. The summed E-state index contributed by atoms with van der Waals surface area (Å²) in [6.07, 6.45) is 0. The lowest BCUT2D eigenvalue weighted by atomic mass is 10.3. The summed E-state index contributed by atoms with van der Waals surface area (Å²) in [5, 5.41) is 0. The molecule has 2 N–H and O–H groups in total. The third-order valence-electron chi connectivity index (χ3n) is 2.67. The second-order valence-electron chi connectivity index (χ2n) is 4.08. The lowest BCUT2D eigenvalue weighted by molar-refractivity contribution is 0.463. The van der Waals surface area contributed by atoms with Crippen LogP contribution in [-0.4, -0.2) is 9.97 Å². The van der Waals surface area contributed by atoms with Crippen molar-refractivity contribution in [2.75, 3.05) is 5.73 Å². The van der Waals surface area contributed by atoms with Crippen molar-refractivity contribution in [2.45, 2.75) is 0 Å². The summed E-state index contributed by atoms with van der Waals surface area (Å²) in [6.45, 7) is 0. The van der Waals surface area contributed by atoms with E-state index in [1.165, 1.54) is 18.2 Å². The van der Waals surface area contributed by atoms with Gasteiger partial charge < -0.3 is 10.5 Å². The zero-order valence-corrected chi connectivity index (χ0v) is 11.8. The molecule has 0 unspecified atom stereocenters. The summed E-state index contributed by atoms with van der Waals surface area (Å²) >= 11 is 3.10. The van der Waals surface area contributed by atoms with E-state index in [0.29, 0.717) is 21.3 Å². The molecule has 0 saturated carbocycles. The van der Waals surface area contributed by atoms with Crippen LogP contribution >= 0.6 is 15.9 Å². The third kappa shape index (κ3) is 2.42. The number of hydrogen-bond acceptors (Lipinski definition) is 4. The predicted molar refractivity (Wildman–Crippen MR) is 78.1 cm³/mol. The van der Waals surface area contributed by atoms with E-state index in [4.69, 9.17) is 10.5 Å². The summed E-state index contributed by atoms with van der Waals surface area (Å²) in [7, 11) is 0. The molecule has 0 aliphatic rings. The summed E-state index contributed by atoms with van der Waals surface area (Å²) in [5.74, 6) is 0.441. The number of halogens is 2. The molecule has 0 bridgehead atoms. The van der Waals surface area contributed by atoms with Crippen molar-refractivity contribution in [3.05, 3.63) is 52.8 Å². The molecule has 4 nitrogen and oxygen atoms in total. The van der Waals surface area contributed by atoms with Gasteiger partial charge in [0, 0.05) is 0 Å². The summed E-state index contributed by atoms with van der Waals surface area (Å²) < 4.78 is 19.0. The molecule has 0 fully saturated rings. The van der Waals surface area contributed by atoms with Crippen molar-refractivity contribution in [1.82, 2.24) is 9.97 Å². The van der Waals surface area contributed by atoms with Gasteiger partial charge in [-0.2, -0.15) is 0 Å². The summed E-state index contributed by atoms with van der Waals surface area (Å²) in [6, 6.07) is 11.6. The number of rotatable bonds is 2. The number of nitrogens with two attached hydrogens (primary N) is 1. The maximum absolute atomic E-state index is 13.2. The Balaban J connectivity index is 2.01. The summed E-state index contributed by atoms with van der Waals surface area (Å²) in [5.41, 5.74) is 7.19. The minimum atomic E-state index is -0.366. The van der Waals surface area contributed by atoms with Gasteiger partial charge in [-0.15, -0.1) is 0 Å². The van der Waals surface area contributed by atoms with Gasteiger partial charge in [0.25, 0.3) is 5.88 Å². The Morgan fingerprint density at radius 3 is 2.45 bits per heavy atom. The van der Waals surface area contributed by atoms with Crippen LogP contribution in [0.25, 0.3) is 11.0 Å². The van der Waals surface area contributed by atoms with Gasteiger partial charge in [0.1, 0.15) is 11.6 Å². The monoisotopic (exact) mass is 333 g/mol. The van der Waals surface area contributed by atoms with Crippen LogP contribution in [0.3, 0.4) is 0 Å². The van der Waals surface area contributed by atoms with E-state index in [-0.39, 0.29) is 17.5 Å². The van der Waals surface area contributed by atoms with E-state index in [0.717, 1.165) is 0 Å². The number of aromatic nitrogens is 2. The normalized spacial score (nSPS) is 10.7. The minimum Gasteiger partial charge on any atom is -0.436 e. The largest absolute Gasteiger partial charge is 0.436 e. The van der Waals surface area contributed by atoms with Crippen LogP contribution in [0, 0.1) is 5.82 Å². The Morgan fingerprint density at radius 1 is 1.05 bits per heavy atom. The Bertz CT molecular complexity index is 794. The fourth-order valence-electron chi connectivity index (χ4n) is 1.72. The van der Waals surface area contributed by atoms with E-state index in [2.05, 4.69) is 25.9 Å². The van der Waals surface area contributed by atoms with Gasteiger partial charge in [0.15, 0.2) is 5.82 Å². The van der Waals surface area contributed by atoms with Gasteiger partial charge in [-0.1, -0.05) is 12.1 Å². The molecule has 20 heavy (non-hydrogen) atoms. The number of fused-ring (bicyclic) bond motifs is 1. The number of ether oxygens (including phenoxy) is 1. The molecule has 0 aliphatic carbocycles. The van der Waals surface area contributed by atoms with E-state index < -0.39 is 0 Å². The number of hydrogen-bond donors (Lipinski definition) is 1. The fourth-order valence-corrected chi connectivity index (χ4v) is 2.08. The topological polar surface area (TPSA) is 61.0 Å². The van der Waals surface area contributed by atoms with Gasteiger partial charge in [-0.05, 0) is 46.3 Å². The molecule has 6 heteroatoms. The van der Waals surface area contributed by atoms with Gasteiger partial charge in [-0.3, -0.25) is 0 Å². The average molecular weight is 334 g/mol. The molecule has 0 spiro atoms. The highest BCUT2D eigenvalue weighted by Crippen LogP contribution is 2.28. The number of anilines is 1. The molecule has 1 aromatic heterocycles. The van der Waals surface area contributed by atoms with Crippen LogP contribution in [0.2, 0.25) is 0 Å². The Kier molecular flexibility index (Phi) is 3.23. The van der Waals surface area contributed by atoms with E-state index in [9.17, 15) is 4.39 Å². The van der Waals surface area contributed by atoms with Gasteiger partial charge in [0.05, 0.1) is 15.5 Å². The highest BCUT2D eigenvalue weighted by molar-refractivity contribution is 9.10. The zero-order valence-electron chi connectivity index (χ0n) is 10.2. The Hall–Kier alpha value is -2.21. The van der Waals surface area contributed by atoms with Gasteiger partial charge >= 0.3 is 0 Å². The van der Waals surface area contributed by atoms with Crippen LogP contribution in [0.1, 0.15) is 0 Å². The molecule has 3 aromatic rings. The third-order valence-corrected chi connectivity index (χ3v) is 3.28. The molecule has 0 atom stereocenters. The molecule has 0 radical (unpaired) electrons. The lowest BCUT2D eigenvalue weighted by Gasteiger charge is -2.08. The Labute approximate surface area is 122 Å². The van der Waals surface area contributed by atoms with Crippen molar-refractivity contribution in [3.63, 3.8) is 0 Å². The first kappa shape index (κ1) is 12.8. The van der Waals surface area contributed by atoms with Crippen molar-refractivity contribution in [3.8, 4) is 11.6 Å². The fraction of sp³-hybridized carbons (Fsp3) is 0. The standard InChI is InChI=1S/C14H9BrFN3O/c15-9-7-8(5-6-10(9)16)20-14-13(17)18-11-3-1-2-4-12(11)19-14/h1-7H,(H2,17,18). The van der Waals surface area contributed by atoms with Crippen LogP contribution < -0.4 is 10.5 Å². The molecule has 2 aromatic carbocycles. The quantitative estimate of drug-likeness (QED) is 0.772. The molecule has 0 amide bonds. The zero-order chi connectivity index (χ0) is 14.1. The molecular formula is C14H9BrFN3O. The second kappa shape index (κ2) is 5.05. The number of para-hydroxylation sites is 2. The van der Waals surface area contributed by atoms with Crippen molar-refractivity contribution in [1.29, 1.82) is 0 Å². The van der Waals surface area contributed by atoms with E-state index >= 15 is 0 Å². The van der Waals surface area contributed by atoms with Gasteiger partial charge in [0.2, 0.25) is 0 Å². The van der Waals surface area contributed by atoms with Crippen molar-refractivity contribution in [2.24, 2.45) is 0 Å². The molecule has 0 saturated heterocycles. The highest BCUT2D eigenvalue weighted by atomic mass is 79.9. The lowest BCUT2D eigenvalue weighted by Crippen LogP contribution is -1.99. The van der Waals surface area contributed by atoms with Gasteiger partial charge in [-0.25, -0.2) is 14.4 Å². The summed E-state index contributed by atoms with van der Waals surface area (Å²) in [4.78, 5) is 8.52. The first-order chi connectivity index (χ1) is 9.63. The first-order valence-corrected chi connectivity index (χ1v) is 6.58. The highest BCUT2D eigenvalue weighted by Gasteiger charge is 2.09. The maximum Gasteiger partial charge on any atom is 0.263 e. The maximum atomic E-state index is 13.2. The average Bonchev–Trinajstić information content (AvgIpc) is 2.44. The van der Waals surface area contributed by atoms with E-state index in [1.54, 1.807) is 0 Å². The molecular weight excluding hydrogens is 325 g/mol. The molecule has 100 valence electrons.